The topological polar surface area (TPSA) is 51.2 Å². The van der Waals surface area contributed by atoms with E-state index in [1.807, 2.05) is 18.2 Å². The molecule has 0 bridgehead atoms. The van der Waals surface area contributed by atoms with Crippen LogP contribution >= 0.6 is 0 Å². The van der Waals surface area contributed by atoms with Crippen molar-refractivity contribution in [2.24, 2.45) is 0 Å². The number of carbonyl (C=O) groups excluding carboxylic acids is 1. The fraction of sp³-hybridized carbons (Fsp3) is 0.111. The van der Waals surface area contributed by atoms with Gasteiger partial charge in [0, 0.05) is 17.1 Å². The van der Waals surface area contributed by atoms with Gasteiger partial charge in [-0.15, -0.1) is 0 Å². The molecule has 0 aliphatic carbocycles. The second-order valence-corrected chi connectivity index (χ2v) is 5.18. The number of benzene rings is 2. The molecule has 24 heavy (non-hydrogen) atoms. The lowest BCUT2D eigenvalue weighted by atomic mass is 10.1. The number of halogens is 2. The molecule has 4 nitrogen and oxygen atoms in total. The summed E-state index contributed by atoms with van der Waals surface area (Å²) in [5.74, 6) is -1.77. The number of hydrogen-bond donors (Lipinski definition) is 1. The molecule has 0 radical (unpaired) electrons. The zero-order valence-electron chi connectivity index (χ0n) is 12.8. The smallest absolute Gasteiger partial charge is 0.311 e. The third kappa shape index (κ3) is 3.32. The third-order valence-corrected chi connectivity index (χ3v) is 3.52. The Morgan fingerprint density at radius 1 is 1.12 bits per heavy atom. The molecule has 0 fully saturated rings. The minimum absolute atomic E-state index is 0.00190. The fourth-order valence-electron chi connectivity index (χ4n) is 2.38. The lowest BCUT2D eigenvalue weighted by Gasteiger charge is -2.12. The first-order chi connectivity index (χ1) is 11.6. The van der Waals surface area contributed by atoms with Crippen LogP contribution in [0.25, 0.3) is 10.9 Å². The maximum Gasteiger partial charge on any atom is 0.311 e. The molecule has 0 aliphatic rings. The lowest BCUT2D eigenvalue weighted by Crippen LogP contribution is -2.07. The van der Waals surface area contributed by atoms with Gasteiger partial charge in [-0.3, -0.25) is 9.78 Å². The highest BCUT2D eigenvalue weighted by Gasteiger charge is 2.11. The first-order valence-electron chi connectivity index (χ1n) is 7.24. The monoisotopic (exact) mass is 328 g/mol. The van der Waals surface area contributed by atoms with Gasteiger partial charge in [0.15, 0.2) is 0 Å². The number of carbonyl (C=O) groups is 1. The summed E-state index contributed by atoms with van der Waals surface area (Å²) in [5, 5.41) is 3.70. The minimum atomic E-state index is -0.703. The summed E-state index contributed by atoms with van der Waals surface area (Å²) < 4.78 is 31.6. The van der Waals surface area contributed by atoms with E-state index < -0.39 is 17.6 Å². The van der Waals surface area contributed by atoms with Crippen LogP contribution in [0.15, 0.2) is 48.5 Å². The number of ether oxygens (including phenoxy) is 1. The van der Waals surface area contributed by atoms with Crippen molar-refractivity contribution in [2.45, 2.75) is 6.42 Å². The Bertz CT molecular complexity index is 913. The number of rotatable bonds is 4. The van der Waals surface area contributed by atoms with Crippen molar-refractivity contribution in [2.75, 3.05) is 12.4 Å². The largest absolute Gasteiger partial charge is 0.469 e. The number of anilines is 2. The van der Waals surface area contributed by atoms with Crippen molar-refractivity contribution in [3.05, 3.63) is 65.9 Å². The molecule has 1 N–H and O–H groups in total. The van der Waals surface area contributed by atoms with Crippen molar-refractivity contribution in [3.63, 3.8) is 0 Å². The number of fused-ring (bicyclic) bond motifs is 1. The normalized spacial score (nSPS) is 10.6. The van der Waals surface area contributed by atoms with Crippen LogP contribution in [-0.2, 0) is 16.0 Å². The van der Waals surface area contributed by atoms with Crippen molar-refractivity contribution in [1.29, 1.82) is 0 Å². The highest BCUT2D eigenvalue weighted by atomic mass is 19.1. The number of aromatic nitrogens is 1. The maximum absolute atomic E-state index is 13.9. The number of nitrogens with zero attached hydrogens (tertiary/aromatic N) is 1. The molecule has 3 rings (SSSR count). The lowest BCUT2D eigenvalue weighted by molar-refractivity contribution is -0.139. The quantitative estimate of drug-likeness (QED) is 0.736. The van der Waals surface area contributed by atoms with Gasteiger partial charge in [0.1, 0.15) is 11.6 Å². The van der Waals surface area contributed by atoms with Gasteiger partial charge in [0.25, 0.3) is 0 Å². The Hall–Kier alpha value is -3.02. The van der Waals surface area contributed by atoms with E-state index in [2.05, 4.69) is 15.0 Å². The predicted octanol–water partition coefficient (Wildman–Crippen LogP) is 3.97. The van der Waals surface area contributed by atoms with Crippen molar-refractivity contribution in [3.8, 4) is 0 Å². The molecule has 0 saturated heterocycles. The van der Waals surface area contributed by atoms with Crippen LogP contribution in [0.3, 0.4) is 0 Å². The number of nitrogens with one attached hydrogen (secondary N) is 1. The van der Waals surface area contributed by atoms with Crippen LogP contribution in [0.2, 0.25) is 0 Å². The highest BCUT2D eigenvalue weighted by Crippen LogP contribution is 2.28. The number of hydrogen-bond acceptors (Lipinski definition) is 4. The average molecular weight is 328 g/mol. The second kappa shape index (κ2) is 6.62. The summed E-state index contributed by atoms with van der Waals surface area (Å²) in [6.45, 7) is 0. The Morgan fingerprint density at radius 3 is 2.67 bits per heavy atom. The van der Waals surface area contributed by atoms with Crippen molar-refractivity contribution < 1.29 is 18.3 Å². The first-order valence-corrected chi connectivity index (χ1v) is 7.24. The maximum atomic E-state index is 13.9. The van der Waals surface area contributed by atoms with Gasteiger partial charge in [-0.05, 0) is 24.3 Å². The van der Waals surface area contributed by atoms with E-state index in [-0.39, 0.29) is 12.1 Å². The summed E-state index contributed by atoms with van der Waals surface area (Å²) in [6, 6.07) is 12.2. The highest BCUT2D eigenvalue weighted by molar-refractivity contribution is 5.93. The van der Waals surface area contributed by atoms with Crippen LogP contribution in [-0.4, -0.2) is 18.1 Å². The molecular formula is C18H14F2N2O2. The Kier molecular flexibility index (Phi) is 4.37. The standard InChI is InChI=1S/C18H14F2N2O2/c1-24-18(23)10-12-9-17(13-4-2-3-5-15(13)21-12)22-16-7-6-11(19)8-14(16)20/h2-9H,10H2,1H3,(H,21,22). The summed E-state index contributed by atoms with van der Waals surface area (Å²) in [4.78, 5) is 15.9. The zero-order valence-corrected chi connectivity index (χ0v) is 12.8. The van der Waals surface area contributed by atoms with Crippen LogP contribution in [0.4, 0.5) is 20.2 Å². The van der Waals surface area contributed by atoms with E-state index in [0.717, 1.165) is 11.5 Å². The van der Waals surface area contributed by atoms with Crippen LogP contribution in [0.1, 0.15) is 5.69 Å². The summed E-state index contributed by atoms with van der Waals surface area (Å²) in [7, 11) is 1.30. The molecule has 6 heteroatoms. The molecule has 0 amide bonds. The second-order valence-electron chi connectivity index (χ2n) is 5.18. The number of esters is 1. The van der Waals surface area contributed by atoms with Gasteiger partial charge >= 0.3 is 5.97 Å². The van der Waals surface area contributed by atoms with Crippen LogP contribution in [0, 0.1) is 11.6 Å². The zero-order chi connectivity index (χ0) is 17.1. The summed E-state index contributed by atoms with van der Waals surface area (Å²) in [5.41, 5.74) is 1.86. The molecule has 1 heterocycles. The van der Waals surface area contributed by atoms with Crippen molar-refractivity contribution in [1.82, 2.24) is 4.98 Å². The third-order valence-electron chi connectivity index (χ3n) is 3.52. The fourth-order valence-corrected chi connectivity index (χ4v) is 2.38. The number of pyridine rings is 1. The summed E-state index contributed by atoms with van der Waals surface area (Å²) >= 11 is 0. The van der Waals surface area contributed by atoms with Crippen molar-refractivity contribution >= 4 is 28.2 Å². The molecule has 2 aromatic carbocycles. The number of methoxy groups -OCH3 is 1. The molecule has 0 unspecified atom stereocenters. The van der Waals surface area contributed by atoms with Crippen LogP contribution in [0.5, 0.6) is 0 Å². The Balaban J connectivity index is 2.05. The van der Waals surface area contributed by atoms with E-state index in [1.165, 1.54) is 19.2 Å². The molecule has 122 valence electrons. The number of para-hydroxylation sites is 1. The van der Waals surface area contributed by atoms with Gasteiger partial charge in [-0.25, -0.2) is 8.78 Å². The van der Waals surface area contributed by atoms with E-state index in [0.29, 0.717) is 16.9 Å². The molecule has 0 aliphatic heterocycles. The van der Waals surface area contributed by atoms with E-state index in [9.17, 15) is 13.6 Å². The van der Waals surface area contributed by atoms with E-state index >= 15 is 0 Å². The molecular weight excluding hydrogens is 314 g/mol. The van der Waals surface area contributed by atoms with Gasteiger partial charge in [0.05, 0.1) is 30.4 Å². The van der Waals surface area contributed by atoms with E-state index in [1.54, 1.807) is 12.1 Å². The summed E-state index contributed by atoms with van der Waals surface area (Å²) in [6.07, 6.45) is 0.00190. The predicted molar refractivity (Wildman–Crippen MR) is 87.1 cm³/mol. The average Bonchev–Trinajstić information content (AvgIpc) is 2.57. The Morgan fingerprint density at radius 2 is 1.92 bits per heavy atom. The first kappa shape index (κ1) is 15.9. The van der Waals surface area contributed by atoms with Crippen LogP contribution < -0.4 is 5.32 Å². The molecule has 0 atom stereocenters. The minimum Gasteiger partial charge on any atom is -0.469 e. The Labute approximate surface area is 137 Å². The van der Waals surface area contributed by atoms with Gasteiger partial charge in [0.2, 0.25) is 0 Å². The van der Waals surface area contributed by atoms with E-state index in [4.69, 9.17) is 0 Å². The molecule has 0 spiro atoms. The van der Waals surface area contributed by atoms with Gasteiger partial charge < -0.3 is 10.1 Å². The van der Waals surface area contributed by atoms with Gasteiger partial charge in [-0.2, -0.15) is 0 Å². The molecule has 1 aromatic heterocycles. The van der Waals surface area contributed by atoms with Gasteiger partial charge in [-0.1, -0.05) is 18.2 Å². The molecule has 3 aromatic rings. The molecule has 0 saturated carbocycles. The SMILES string of the molecule is COC(=O)Cc1cc(Nc2ccc(F)cc2F)c2ccccc2n1.